The van der Waals surface area contributed by atoms with E-state index in [0.717, 1.165) is 16.9 Å². The van der Waals surface area contributed by atoms with Gasteiger partial charge in [0.1, 0.15) is 11.3 Å². The molecule has 7 nitrogen and oxygen atoms in total. The highest BCUT2D eigenvalue weighted by molar-refractivity contribution is 5.98. The lowest BCUT2D eigenvalue weighted by Crippen LogP contribution is -2.25. The fourth-order valence-corrected chi connectivity index (χ4v) is 3.86. The van der Waals surface area contributed by atoms with Gasteiger partial charge in [-0.2, -0.15) is 0 Å². The average molecular weight is 425 g/mol. The molecule has 0 spiro atoms. The molecule has 2 aromatic carbocycles. The van der Waals surface area contributed by atoms with Crippen molar-refractivity contribution in [2.75, 3.05) is 39.9 Å². The summed E-state index contributed by atoms with van der Waals surface area (Å²) in [4.78, 5) is 27.3. The Labute approximate surface area is 182 Å². The predicted molar refractivity (Wildman–Crippen MR) is 117 cm³/mol. The maximum absolute atomic E-state index is 12.6. The Balaban J connectivity index is 1.77. The molecule has 164 valence electrons. The van der Waals surface area contributed by atoms with Crippen molar-refractivity contribution in [3.8, 4) is 17.2 Å². The summed E-state index contributed by atoms with van der Waals surface area (Å²) in [6, 6.07) is 11.0. The summed E-state index contributed by atoms with van der Waals surface area (Å²) in [5.74, 6) is 0.0431. The Bertz CT molecular complexity index is 1040. The smallest absolute Gasteiger partial charge is 0.342 e. The molecular weight excluding hydrogens is 398 g/mol. The number of hydrogen-bond donors (Lipinski definition) is 0. The number of carbonyl (C=O) groups excluding carboxylic acids is 2. The van der Waals surface area contributed by atoms with E-state index in [1.165, 1.54) is 33.5 Å². The summed E-state index contributed by atoms with van der Waals surface area (Å²) < 4.78 is 21.0. The van der Waals surface area contributed by atoms with Crippen LogP contribution in [0.15, 0.2) is 48.2 Å². The SMILES string of the molecule is COc1cc(OC)c(C(=O)OCC(=O)/C=C2/N(C)c3ccccc3C2(C)C)cc1OC. The minimum absolute atomic E-state index is 0.145. The third-order valence-corrected chi connectivity index (χ3v) is 5.51. The van der Waals surface area contributed by atoms with Gasteiger partial charge in [-0.1, -0.05) is 32.0 Å². The van der Waals surface area contributed by atoms with Crippen LogP contribution in [-0.4, -0.2) is 46.7 Å². The number of para-hydroxylation sites is 1. The van der Waals surface area contributed by atoms with E-state index >= 15 is 0 Å². The van der Waals surface area contributed by atoms with Gasteiger partial charge in [0.25, 0.3) is 0 Å². The summed E-state index contributed by atoms with van der Waals surface area (Å²) in [6.07, 6.45) is 1.54. The van der Waals surface area contributed by atoms with Crippen LogP contribution < -0.4 is 19.1 Å². The highest BCUT2D eigenvalue weighted by Crippen LogP contribution is 2.46. The summed E-state index contributed by atoms with van der Waals surface area (Å²) >= 11 is 0. The molecule has 0 amide bonds. The third kappa shape index (κ3) is 4.08. The van der Waals surface area contributed by atoms with Crippen LogP contribution in [-0.2, 0) is 14.9 Å². The molecule has 0 saturated carbocycles. The lowest BCUT2D eigenvalue weighted by molar-refractivity contribution is -0.117. The Morgan fingerprint density at radius 1 is 0.968 bits per heavy atom. The van der Waals surface area contributed by atoms with Crippen molar-refractivity contribution in [1.82, 2.24) is 0 Å². The number of allylic oxidation sites excluding steroid dienone is 1. The lowest BCUT2D eigenvalue weighted by Gasteiger charge is -2.23. The molecule has 1 heterocycles. The fraction of sp³-hybridized carbons (Fsp3) is 0.333. The molecule has 0 aliphatic carbocycles. The van der Waals surface area contributed by atoms with Gasteiger partial charge < -0.3 is 23.8 Å². The van der Waals surface area contributed by atoms with Gasteiger partial charge in [0.2, 0.25) is 0 Å². The van der Waals surface area contributed by atoms with E-state index in [1.54, 1.807) is 6.08 Å². The van der Waals surface area contributed by atoms with Crippen molar-refractivity contribution in [3.05, 3.63) is 59.3 Å². The van der Waals surface area contributed by atoms with Crippen LogP contribution in [0.3, 0.4) is 0 Å². The fourth-order valence-electron chi connectivity index (χ4n) is 3.86. The van der Waals surface area contributed by atoms with Crippen LogP contribution in [0, 0.1) is 0 Å². The number of hydrogen-bond acceptors (Lipinski definition) is 7. The minimum Gasteiger partial charge on any atom is -0.496 e. The van der Waals surface area contributed by atoms with Gasteiger partial charge >= 0.3 is 5.97 Å². The molecule has 0 aromatic heterocycles. The monoisotopic (exact) mass is 425 g/mol. The van der Waals surface area contributed by atoms with Crippen LogP contribution in [0.2, 0.25) is 0 Å². The molecule has 31 heavy (non-hydrogen) atoms. The van der Waals surface area contributed by atoms with Crippen LogP contribution >= 0.6 is 0 Å². The molecule has 0 fully saturated rings. The molecule has 0 N–H and O–H groups in total. The summed E-state index contributed by atoms with van der Waals surface area (Å²) in [5.41, 5.74) is 2.85. The van der Waals surface area contributed by atoms with Crippen molar-refractivity contribution >= 4 is 17.4 Å². The van der Waals surface area contributed by atoms with Crippen LogP contribution in [0.5, 0.6) is 17.2 Å². The number of anilines is 1. The van der Waals surface area contributed by atoms with Crippen molar-refractivity contribution in [1.29, 1.82) is 0 Å². The zero-order valence-corrected chi connectivity index (χ0v) is 18.6. The van der Waals surface area contributed by atoms with Crippen LogP contribution in [0.4, 0.5) is 5.69 Å². The maximum atomic E-state index is 12.6. The lowest BCUT2D eigenvalue weighted by atomic mass is 9.83. The zero-order chi connectivity index (χ0) is 22.8. The first-order valence-electron chi connectivity index (χ1n) is 9.80. The maximum Gasteiger partial charge on any atom is 0.342 e. The van der Waals surface area contributed by atoms with E-state index in [9.17, 15) is 9.59 Å². The number of rotatable bonds is 7. The van der Waals surface area contributed by atoms with E-state index < -0.39 is 5.97 Å². The first kappa shape index (κ1) is 22.2. The Hall–Kier alpha value is -3.48. The second kappa shape index (κ2) is 8.71. The first-order valence-corrected chi connectivity index (χ1v) is 9.80. The molecule has 7 heteroatoms. The normalized spacial score (nSPS) is 15.4. The molecule has 3 rings (SSSR count). The molecule has 1 aliphatic rings. The van der Waals surface area contributed by atoms with Gasteiger partial charge in [-0.05, 0) is 11.6 Å². The number of nitrogens with zero attached hydrogens (tertiary/aromatic N) is 1. The van der Waals surface area contributed by atoms with Gasteiger partial charge in [-0.25, -0.2) is 4.79 Å². The number of ketones is 1. The van der Waals surface area contributed by atoms with Crippen molar-refractivity contribution in [2.45, 2.75) is 19.3 Å². The zero-order valence-electron chi connectivity index (χ0n) is 18.6. The standard InChI is InChI=1S/C24H27NO6/c1-24(2)17-9-7-8-10-18(17)25(3)22(24)11-15(26)14-31-23(27)16-12-20(29-5)21(30-6)13-19(16)28-4/h7-13H,14H2,1-6H3/b22-11+. The van der Waals surface area contributed by atoms with E-state index in [0.29, 0.717) is 11.5 Å². The molecule has 0 radical (unpaired) electrons. The molecule has 0 atom stereocenters. The Morgan fingerprint density at radius 3 is 2.19 bits per heavy atom. The minimum atomic E-state index is -0.688. The number of likely N-dealkylation sites (N-methyl/N-ethyl adjacent to an activating group) is 1. The predicted octanol–water partition coefficient (Wildman–Crippen LogP) is 3.75. The number of methoxy groups -OCH3 is 3. The summed E-state index contributed by atoms with van der Waals surface area (Å²) in [5, 5.41) is 0. The molecule has 2 aromatic rings. The number of benzene rings is 2. The largest absolute Gasteiger partial charge is 0.496 e. The van der Waals surface area contributed by atoms with Gasteiger partial charge in [0.15, 0.2) is 23.9 Å². The quantitative estimate of drug-likeness (QED) is 0.494. The summed E-state index contributed by atoms with van der Waals surface area (Å²) in [7, 11) is 6.31. The first-order chi connectivity index (χ1) is 14.7. The van der Waals surface area contributed by atoms with Gasteiger partial charge in [-0.3, -0.25) is 4.79 Å². The van der Waals surface area contributed by atoms with E-state index in [2.05, 4.69) is 19.9 Å². The Morgan fingerprint density at radius 2 is 1.58 bits per heavy atom. The second-order valence-electron chi connectivity index (χ2n) is 7.68. The second-order valence-corrected chi connectivity index (χ2v) is 7.68. The van der Waals surface area contributed by atoms with Crippen molar-refractivity contribution in [3.63, 3.8) is 0 Å². The Kier molecular flexibility index (Phi) is 6.24. The average Bonchev–Trinajstić information content (AvgIpc) is 2.97. The molecule has 0 saturated heterocycles. The number of ether oxygens (including phenoxy) is 4. The van der Waals surface area contributed by atoms with Crippen molar-refractivity contribution < 1.29 is 28.5 Å². The highest BCUT2D eigenvalue weighted by atomic mass is 16.5. The molecule has 1 aliphatic heterocycles. The van der Waals surface area contributed by atoms with Crippen molar-refractivity contribution in [2.24, 2.45) is 0 Å². The van der Waals surface area contributed by atoms with Gasteiger partial charge in [0, 0.05) is 42.1 Å². The van der Waals surface area contributed by atoms with Gasteiger partial charge in [0.05, 0.1) is 21.3 Å². The third-order valence-electron chi connectivity index (χ3n) is 5.51. The molecular formula is C24H27NO6. The number of fused-ring (bicyclic) bond motifs is 1. The van der Waals surface area contributed by atoms with Crippen LogP contribution in [0.1, 0.15) is 29.8 Å². The molecule has 0 unspecified atom stereocenters. The van der Waals surface area contributed by atoms with Gasteiger partial charge in [-0.15, -0.1) is 0 Å². The van der Waals surface area contributed by atoms with E-state index in [4.69, 9.17) is 18.9 Å². The molecule has 0 bridgehead atoms. The number of esters is 1. The topological polar surface area (TPSA) is 74.3 Å². The van der Waals surface area contributed by atoms with E-state index in [1.807, 2.05) is 30.1 Å². The van der Waals surface area contributed by atoms with E-state index in [-0.39, 0.29) is 29.1 Å². The summed E-state index contributed by atoms with van der Waals surface area (Å²) in [6.45, 7) is 3.74. The van der Waals surface area contributed by atoms with Crippen LogP contribution in [0.25, 0.3) is 0 Å². The highest BCUT2D eigenvalue weighted by Gasteiger charge is 2.38. The number of carbonyl (C=O) groups is 2.